The molecule has 2 rings (SSSR count). The number of terminal acetylenes is 1. The lowest BCUT2D eigenvalue weighted by Crippen LogP contribution is -2.05. The summed E-state index contributed by atoms with van der Waals surface area (Å²) in [7, 11) is 0. The molecule has 108 valence electrons. The number of anilines is 1. The molecule has 0 unspecified atom stereocenters. The van der Waals surface area contributed by atoms with E-state index in [1.807, 2.05) is 24.3 Å². The third kappa shape index (κ3) is 4.26. The first-order chi connectivity index (χ1) is 10.1. The molecule has 0 amide bonds. The largest absolute Gasteiger partial charge is 0.479 e. The Labute approximate surface area is 142 Å². The molecule has 0 saturated heterocycles. The Morgan fingerprint density at radius 2 is 2.00 bits per heavy atom. The van der Waals surface area contributed by atoms with Crippen molar-refractivity contribution in [2.24, 2.45) is 0 Å². The van der Waals surface area contributed by atoms with E-state index in [-0.39, 0.29) is 6.61 Å². The van der Waals surface area contributed by atoms with Crippen LogP contribution in [-0.2, 0) is 6.54 Å². The molecule has 0 saturated carbocycles. The second-order valence-corrected chi connectivity index (χ2v) is 6.31. The van der Waals surface area contributed by atoms with E-state index >= 15 is 0 Å². The van der Waals surface area contributed by atoms with E-state index in [0.717, 1.165) is 25.9 Å². The van der Waals surface area contributed by atoms with Crippen LogP contribution in [0, 0.1) is 19.3 Å². The summed E-state index contributed by atoms with van der Waals surface area (Å²) in [6.07, 6.45) is 5.28. The maximum atomic E-state index is 5.65. The van der Waals surface area contributed by atoms with Crippen LogP contribution in [0.3, 0.4) is 0 Å². The van der Waals surface area contributed by atoms with Crippen LogP contribution >= 0.6 is 31.9 Å². The van der Waals surface area contributed by atoms with Crippen molar-refractivity contribution in [3.8, 4) is 18.1 Å². The van der Waals surface area contributed by atoms with Gasteiger partial charge in [0.15, 0.2) is 0 Å². The van der Waals surface area contributed by atoms with Gasteiger partial charge in [-0.1, -0.05) is 40.0 Å². The van der Waals surface area contributed by atoms with Crippen LogP contribution in [0.25, 0.3) is 0 Å². The predicted octanol–water partition coefficient (Wildman–Crippen LogP) is 5.14. The molecule has 0 aliphatic heterocycles. The van der Waals surface area contributed by atoms with Crippen molar-refractivity contribution in [3.05, 3.63) is 56.5 Å². The summed E-state index contributed by atoms with van der Waals surface area (Å²) in [5.74, 6) is 3.27. The quantitative estimate of drug-likeness (QED) is 0.691. The fraction of sp³-hybridized carbons (Fsp3) is 0.176. The highest BCUT2D eigenvalue weighted by atomic mass is 79.9. The summed E-state index contributed by atoms with van der Waals surface area (Å²) < 4.78 is 7.52. The molecule has 2 aromatic rings. The molecule has 0 heterocycles. The summed E-state index contributed by atoms with van der Waals surface area (Å²) >= 11 is 7.02. The van der Waals surface area contributed by atoms with Crippen molar-refractivity contribution in [2.75, 3.05) is 11.9 Å². The lowest BCUT2D eigenvalue weighted by Gasteiger charge is -2.15. The minimum absolute atomic E-state index is 0.248. The molecular weight excluding hydrogens is 394 g/mol. The van der Waals surface area contributed by atoms with Gasteiger partial charge in [0.1, 0.15) is 12.4 Å². The second kappa shape index (κ2) is 7.53. The van der Waals surface area contributed by atoms with Crippen molar-refractivity contribution < 1.29 is 4.74 Å². The molecule has 0 aliphatic rings. The van der Waals surface area contributed by atoms with Crippen LogP contribution in [0.1, 0.15) is 11.1 Å². The third-order valence-corrected chi connectivity index (χ3v) is 4.05. The van der Waals surface area contributed by atoms with E-state index < -0.39 is 0 Å². The molecule has 4 heteroatoms. The van der Waals surface area contributed by atoms with Gasteiger partial charge < -0.3 is 10.1 Å². The van der Waals surface area contributed by atoms with E-state index in [9.17, 15) is 0 Å². The summed E-state index contributed by atoms with van der Waals surface area (Å²) in [6, 6.07) is 12.2. The predicted molar refractivity (Wildman–Crippen MR) is 94.7 cm³/mol. The van der Waals surface area contributed by atoms with Gasteiger partial charge >= 0.3 is 0 Å². The maximum absolute atomic E-state index is 5.65. The summed E-state index contributed by atoms with van der Waals surface area (Å²) in [4.78, 5) is 0. The first kappa shape index (κ1) is 15.9. The van der Waals surface area contributed by atoms with E-state index in [1.165, 1.54) is 5.56 Å². The van der Waals surface area contributed by atoms with Crippen LogP contribution in [0.15, 0.2) is 45.3 Å². The van der Waals surface area contributed by atoms with Gasteiger partial charge in [-0.3, -0.25) is 0 Å². The summed E-state index contributed by atoms with van der Waals surface area (Å²) in [5, 5.41) is 3.43. The first-order valence-electron chi connectivity index (χ1n) is 6.45. The smallest absolute Gasteiger partial charge is 0.148 e. The number of ether oxygens (including phenoxy) is 1. The first-order valence-corrected chi connectivity index (χ1v) is 8.04. The van der Waals surface area contributed by atoms with Gasteiger partial charge in [-0.25, -0.2) is 0 Å². The van der Waals surface area contributed by atoms with E-state index in [2.05, 4.69) is 62.2 Å². The zero-order valence-corrected chi connectivity index (χ0v) is 14.8. The van der Waals surface area contributed by atoms with E-state index in [4.69, 9.17) is 11.2 Å². The van der Waals surface area contributed by atoms with Gasteiger partial charge in [0.05, 0.1) is 4.47 Å². The van der Waals surface area contributed by atoms with Crippen molar-refractivity contribution in [1.82, 2.24) is 0 Å². The molecule has 1 N–H and O–H groups in total. The average molecular weight is 409 g/mol. The SMILES string of the molecule is C#CCOc1c(Br)cc(Br)cc1CNc1ccccc1C. The molecule has 0 bridgehead atoms. The highest BCUT2D eigenvalue weighted by molar-refractivity contribution is 9.11. The van der Waals surface area contributed by atoms with Gasteiger partial charge in [-0.15, -0.1) is 6.42 Å². The zero-order valence-electron chi connectivity index (χ0n) is 11.6. The standard InChI is InChI=1S/C17H15Br2NO/c1-3-8-21-17-13(9-14(18)10-15(17)19)11-20-16-7-5-4-6-12(16)2/h1,4-7,9-10,20H,8,11H2,2H3. The van der Waals surface area contributed by atoms with E-state index in [1.54, 1.807) is 0 Å². The van der Waals surface area contributed by atoms with Crippen LogP contribution in [-0.4, -0.2) is 6.61 Å². The van der Waals surface area contributed by atoms with Crippen LogP contribution < -0.4 is 10.1 Å². The number of hydrogen-bond donors (Lipinski definition) is 1. The zero-order chi connectivity index (χ0) is 15.2. The Morgan fingerprint density at radius 1 is 1.24 bits per heavy atom. The molecule has 0 atom stereocenters. The molecule has 0 spiro atoms. The van der Waals surface area contributed by atoms with E-state index in [0.29, 0.717) is 6.54 Å². The molecular formula is C17H15Br2NO. The number of benzene rings is 2. The number of hydrogen-bond acceptors (Lipinski definition) is 2. The Kier molecular flexibility index (Phi) is 5.72. The number of nitrogens with one attached hydrogen (secondary N) is 1. The molecule has 21 heavy (non-hydrogen) atoms. The number of rotatable bonds is 5. The van der Waals surface area contributed by atoms with Gasteiger partial charge in [0.2, 0.25) is 0 Å². The van der Waals surface area contributed by atoms with Crippen molar-refractivity contribution >= 4 is 37.5 Å². The van der Waals surface area contributed by atoms with Crippen molar-refractivity contribution in [1.29, 1.82) is 0 Å². The maximum Gasteiger partial charge on any atom is 0.148 e. The molecule has 0 radical (unpaired) electrons. The molecule has 0 fully saturated rings. The average Bonchev–Trinajstić information content (AvgIpc) is 2.45. The summed E-state index contributed by atoms with van der Waals surface area (Å²) in [6.45, 7) is 2.98. The van der Waals surface area contributed by atoms with Crippen molar-refractivity contribution in [2.45, 2.75) is 13.5 Å². The lowest BCUT2D eigenvalue weighted by molar-refractivity contribution is 0.364. The topological polar surface area (TPSA) is 21.3 Å². The number of aryl methyl sites for hydroxylation is 1. The Hall–Kier alpha value is -1.44. The Morgan fingerprint density at radius 3 is 2.71 bits per heavy atom. The van der Waals surface area contributed by atoms with Crippen LogP contribution in [0.5, 0.6) is 5.75 Å². The molecule has 2 nitrogen and oxygen atoms in total. The second-order valence-electron chi connectivity index (χ2n) is 4.54. The molecule has 0 aliphatic carbocycles. The number of halogens is 2. The van der Waals surface area contributed by atoms with Gasteiger partial charge in [-0.2, -0.15) is 0 Å². The number of para-hydroxylation sites is 1. The monoisotopic (exact) mass is 407 g/mol. The fourth-order valence-electron chi connectivity index (χ4n) is 1.98. The van der Waals surface area contributed by atoms with Gasteiger partial charge in [0.25, 0.3) is 0 Å². The minimum atomic E-state index is 0.248. The lowest BCUT2D eigenvalue weighted by atomic mass is 10.1. The minimum Gasteiger partial charge on any atom is -0.479 e. The van der Waals surface area contributed by atoms with Crippen LogP contribution in [0.2, 0.25) is 0 Å². The third-order valence-electron chi connectivity index (χ3n) is 3.00. The highest BCUT2D eigenvalue weighted by Crippen LogP contribution is 2.33. The van der Waals surface area contributed by atoms with Gasteiger partial charge in [-0.05, 0) is 46.6 Å². The Bertz CT molecular complexity index is 677. The molecule has 2 aromatic carbocycles. The highest BCUT2D eigenvalue weighted by Gasteiger charge is 2.10. The van der Waals surface area contributed by atoms with Gasteiger partial charge in [0, 0.05) is 22.3 Å². The summed E-state index contributed by atoms with van der Waals surface area (Å²) in [5.41, 5.74) is 3.35. The fourth-order valence-corrected chi connectivity index (χ4v) is 3.41. The molecule has 0 aromatic heterocycles. The normalized spacial score (nSPS) is 10.0. The van der Waals surface area contributed by atoms with Crippen molar-refractivity contribution in [3.63, 3.8) is 0 Å². The Balaban J connectivity index is 2.22. The van der Waals surface area contributed by atoms with Crippen LogP contribution in [0.4, 0.5) is 5.69 Å².